The fourth-order valence-corrected chi connectivity index (χ4v) is 3.67. The van der Waals surface area contributed by atoms with E-state index in [1.54, 1.807) is 0 Å². The molecule has 1 saturated carbocycles. The number of amides is 1. The van der Waals surface area contributed by atoms with Crippen LogP contribution in [0.15, 0.2) is 29.5 Å². The number of halogens is 1. The molecule has 2 aromatic rings. The Balaban J connectivity index is 1.54. The Morgan fingerprint density at radius 2 is 2.12 bits per heavy atom. The molecule has 0 saturated heterocycles. The fraction of sp³-hybridized carbons (Fsp3) is 0.444. The summed E-state index contributed by atoms with van der Waals surface area (Å²) in [4.78, 5) is 28.8. The number of dihydropyridines is 1. The molecule has 1 atom stereocenters. The number of carbonyl (C=O) groups is 1. The van der Waals surface area contributed by atoms with Crippen molar-refractivity contribution in [3.63, 3.8) is 0 Å². The first-order valence-electron chi connectivity index (χ1n) is 8.75. The first-order valence-corrected chi connectivity index (χ1v) is 9.13. The van der Waals surface area contributed by atoms with Gasteiger partial charge in [-0.1, -0.05) is 36.9 Å². The summed E-state index contributed by atoms with van der Waals surface area (Å²) in [7, 11) is 0. The van der Waals surface area contributed by atoms with Crippen LogP contribution in [0.2, 0.25) is 5.15 Å². The van der Waals surface area contributed by atoms with E-state index in [4.69, 9.17) is 16.6 Å². The van der Waals surface area contributed by atoms with Crippen LogP contribution < -0.4 is 5.32 Å². The molecule has 0 spiro atoms. The van der Waals surface area contributed by atoms with Gasteiger partial charge in [0.2, 0.25) is 5.91 Å². The number of hydrogen-bond donors (Lipinski definition) is 2. The predicted octanol–water partition coefficient (Wildman–Crippen LogP) is 3.38. The molecule has 6 nitrogen and oxygen atoms in total. The summed E-state index contributed by atoms with van der Waals surface area (Å²) in [6.45, 7) is 0. The van der Waals surface area contributed by atoms with E-state index in [2.05, 4.69) is 20.3 Å². The zero-order valence-electron chi connectivity index (χ0n) is 13.8. The zero-order chi connectivity index (χ0) is 17.2. The second-order valence-electron chi connectivity index (χ2n) is 6.60. The minimum absolute atomic E-state index is 0.130. The van der Waals surface area contributed by atoms with Gasteiger partial charge in [0, 0.05) is 24.1 Å². The number of aromatic nitrogens is 3. The molecule has 4 rings (SSSR count). The molecule has 0 aromatic carbocycles. The Kier molecular flexibility index (Phi) is 4.53. The van der Waals surface area contributed by atoms with Crippen LogP contribution in [0.1, 0.15) is 44.1 Å². The molecule has 2 aromatic heterocycles. The van der Waals surface area contributed by atoms with Crippen molar-refractivity contribution >= 4 is 34.4 Å². The van der Waals surface area contributed by atoms with Gasteiger partial charge in [-0.2, -0.15) is 0 Å². The SMILES string of the molecule is O=C(NC1CC=CC(c2c[nH]c3ncc(Cl)nc23)=N1)C1CCCCC1. The minimum Gasteiger partial charge on any atom is -0.344 e. The van der Waals surface area contributed by atoms with Crippen LogP contribution in [0.4, 0.5) is 0 Å². The predicted molar refractivity (Wildman–Crippen MR) is 97.7 cm³/mol. The third-order valence-corrected chi connectivity index (χ3v) is 5.02. The van der Waals surface area contributed by atoms with Crippen LogP contribution >= 0.6 is 11.6 Å². The van der Waals surface area contributed by atoms with Crippen molar-refractivity contribution in [1.82, 2.24) is 20.3 Å². The van der Waals surface area contributed by atoms with Crippen molar-refractivity contribution in [2.75, 3.05) is 0 Å². The number of H-pyrrole nitrogens is 1. The van der Waals surface area contributed by atoms with Crippen molar-refractivity contribution in [3.8, 4) is 0 Å². The van der Waals surface area contributed by atoms with E-state index in [-0.39, 0.29) is 18.0 Å². The lowest BCUT2D eigenvalue weighted by Crippen LogP contribution is -2.39. The number of rotatable bonds is 3. The topological polar surface area (TPSA) is 83.0 Å². The number of nitrogens with one attached hydrogen (secondary N) is 2. The minimum atomic E-state index is -0.230. The fourth-order valence-electron chi connectivity index (χ4n) is 3.53. The van der Waals surface area contributed by atoms with Gasteiger partial charge in [0.15, 0.2) is 5.65 Å². The number of aliphatic imine (C=N–C) groups is 1. The average molecular weight is 358 g/mol. The Labute approximate surface area is 150 Å². The number of aromatic amines is 1. The second kappa shape index (κ2) is 6.96. The van der Waals surface area contributed by atoms with Gasteiger partial charge in [-0.15, -0.1) is 0 Å². The molecular weight excluding hydrogens is 338 g/mol. The van der Waals surface area contributed by atoms with Crippen LogP contribution in [0.3, 0.4) is 0 Å². The van der Waals surface area contributed by atoms with Gasteiger partial charge in [0.25, 0.3) is 0 Å². The normalized spacial score (nSPS) is 21.3. The third-order valence-electron chi connectivity index (χ3n) is 4.84. The van der Waals surface area contributed by atoms with E-state index in [1.807, 2.05) is 18.3 Å². The summed E-state index contributed by atoms with van der Waals surface area (Å²) in [5.41, 5.74) is 2.99. The lowest BCUT2D eigenvalue weighted by molar-refractivity contribution is -0.126. The maximum absolute atomic E-state index is 12.5. The molecule has 0 radical (unpaired) electrons. The van der Waals surface area contributed by atoms with Crippen molar-refractivity contribution in [1.29, 1.82) is 0 Å². The Morgan fingerprint density at radius 3 is 2.96 bits per heavy atom. The van der Waals surface area contributed by atoms with Crippen LogP contribution in [-0.4, -0.2) is 32.7 Å². The van der Waals surface area contributed by atoms with Crippen LogP contribution in [-0.2, 0) is 4.79 Å². The molecule has 25 heavy (non-hydrogen) atoms. The van der Waals surface area contributed by atoms with E-state index in [9.17, 15) is 4.79 Å². The van der Waals surface area contributed by atoms with Crippen molar-refractivity contribution in [2.24, 2.45) is 10.9 Å². The number of fused-ring (bicyclic) bond motifs is 1. The number of allylic oxidation sites excluding steroid dienone is 1. The van der Waals surface area contributed by atoms with Crippen LogP contribution in [0.5, 0.6) is 0 Å². The largest absolute Gasteiger partial charge is 0.344 e. The van der Waals surface area contributed by atoms with Gasteiger partial charge in [-0.25, -0.2) is 9.97 Å². The van der Waals surface area contributed by atoms with E-state index >= 15 is 0 Å². The summed E-state index contributed by atoms with van der Waals surface area (Å²) in [6, 6.07) is 0. The van der Waals surface area contributed by atoms with Crippen molar-refractivity contribution < 1.29 is 4.79 Å². The summed E-state index contributed by atoms with van der Waals surface area (Å²) in [5.74, 6) is 0.265. The molecule has 1 aliphatic carbocycles. The average Bonchev–Trinajstić information content (AvgIpc) is 3.05. The highest BCUT2D eigenvalue weighted by Crippen LogP contribution is 2.24. The lowest BCUT2D eigenvalue weighted by atomic mass is 9.88. The molecule has 7 heteroatoms. The molecule has 1 unspecified atom stereocenters. The highest BCUT2D eigenvalue weighted by Gasteiger charge is 2.24. The van der Waals surface area contributed by atoms with Gasteiger partial charge in [0.1, 0.15) is 16.8 Å². The lowest BCUT2D eigenvalue weighted by Gasteiger charge is -2.24. The summed E-state index contributed by atoms with van der Waals surface area (Å²) >= 11 is 5.97. The Bertz CT molecular complexity index is 850. The molecule has 2 N–H and O–H groups in total. The molecule has 1 aliphatic heterocycles. The van der Waals surface area contributed by atoms with Crippen molar-refractivity contribution in [2.45, 2.75) is 44.7 Å². The number of carbonyl (C=O) groups excluding carboxylic acids is 1. The van der Waals surface area contributed by atoms with Gasteiger partial charge in [-0.05, 0) is 18.9 Å². The van der Waals surface area contributed by atoms with E-state index in [0.29, 0.717) is 22.7 Å². The third kappa shape index (κ3) is 3.44. The standard InChI is InChI=1S/C18H20ClN5O/c19-14-10-21-17-16(23-14)12(9-20-17)13-7-4-8-15(22-13)24-18(25)11-5-2-1-3-6-11/h4,7,9-11,15H,1-3,5-6,8H2,(H,20,21)(H,24,25). The van der Waals surface area contributed by atoms with E-state index in [0.717, 1.165) is 37.0 Å². The van der Waals surface area contributed by atoms with Gasteiger partial charge >= 0.3 is 0 Å². The number of hydrogen-bond acceptors (Lipinski definition) is 4. The molecular formula is C18H20ClN5O. The molecule has 130 valence electrons. The smallest absolute Gasteiger partial charge is 0.224 e. The van der Waals surface area contributed by atoms with E-state index in [1.165, 1.54) is 12.6 Å². The molecule has 0 bridgehead atoms. The molecule has 1 amide bonds. The monoisotopic (exact) mass is 357 g/mol. The second-order valence-corrected chi connectivity index (χ2v) is 6.99. The van der Waals surface area contributed by atoms with Crippen LogP contribution in [0, 0.1) is 5.92 Å². The maximum Gasteiger partial charge on any atom is 0.224 e. The summed E-state index contributed by atoms with van der Waals surface area (Å²) in [6.07, 6.45) is 13.3. The van der Waals surface area contributed by atoms with E-state index < -0.39 is 0 Å². The Hall–Kier alpha value is -2.21. The Morgan fingerprint density at radius 1 is 1.28 bits per heavy atom. The number of nitrogens with zero attached hydrogens (tertiary/aromatic N) is 3. The summed E-state index contributed by atoms with van der Waals surface area (Å²) < 4.78 is 0. The molecule has 2 aliphatic rings. The highest BCUT2D eigenvalue weighted by atomic mass is 35.5. The molecule has 3 heterocycles. The summed E-state index contributed by atoms with van der Waals surface area (Å²) in [5, 5.41) is 3.43. The quantitative estimate of drug-likeness (QED) is 0.883. The first-order chi connectivity index (χ1) is 12.2. The maximum atomic E-state index is 12.5. The zero-order valence-corrected chi connectivity index (χ0v) is 14.6. The van der Waals surface area contributed by atoms with Crippen molar-refractivity contribution in [3.05, 3.63) is 35.3 Å². The highest BCUT2D eigenvalue weighted by molar-refractivity contribution is 6.29. The van der Waals surface area contributed by atoms with Gasteiger partial charge in [0.05, 0.1) is 11.9 Å². The van der Waals surface area contributed by atoms with Gasteiger partial charge < -0.3 is 10.3 Å². The molecule has 1 fully saturated rings. The first kappa shape index (κ1) is 16.3. The van der Waals surface area contributed by atoms with Crippen LogP contribution in [0.25, 0.3) is 11.2 Å². The van der Waals surface area contributed by atoms with Gasteiger partial charge in [-0.3, -0.25) is 9.79 Å².